The molecule has 0 fully saturated rings. The van der Waals surface area contributed by atoms with Crippen LogP contribution in [0.25, 0.3) is 0 Å². The molecule has 11 heavy (non-hydrogen) atoms. The first kappa shape index (κ1) is 14.8. The van der Waals surface area contributed by atoms with Crippen LogP contribution in [0.5, 0.6) is 0 Å². The van der Waals surface area contributed by atoms with Gasteiger partial charge >= 0.3 is 37.7 Å². The fraction of sp³-hybridized carbons (Fsp3) is 0.900. The first-order valence-electron chi connectivity index (χ1n) is 4.71. The van der Waals surface area contributed by atoms with Gasteiger partial charge in [-0.3, -0.25) is 0 Å². The number of unbranched alkanes of at least 4 members (excludes halogenated alkanes) is 7. The molecule has 1 radical (unpaired) electrons. The van der Waals surface area contributed by atoms with Crippen LogP contribution in [0, 0.1) is 6.92 Å². The first-order valence-corrected chi connectivity index (χ1v) is 4.71. The van der Waals surface area contributed by atoms with Gasteiger partial charge in [0.25, 0.3) is 0 Å². The molecule has 0 spiro atoms. The summed E-state index contributed by atoms with van der Waals surface area (Å²) < 4.78 is 0. The molecule has 0 nitrogen and oxygen atoms in total. The molecule has 0 saturated carbocycles. The summed E-state index contributed by atoms with van der Waals surface area (Å²) in [4.78, 5) is 0. The van der Waals surface area contributed by atoms with Gasteiger partial charge in [0.2, 0.25) is 0 Å². The molecule has 0 heterocycles. The number of rotatable bonds is 7. The summed E-state index contributed by atoms with van der Waals surface area (Å²) >= 11 is 0. The van der Waals surface area contributed by atoms with Crippen LogP contribution in [0.2, 0.25) is 0 Å². The van der Waals surface area contributed by atoms with Crippen molar-refractivity contribution in [1.29, 1.82) is 0 Å². The van der Waals surface area contributed by atoms with Crippen LogP contribution in [-0.4, -0.2) is 37.7 Å². The molecule has 1 heteroatoms. The summed E-state index contributed by atoms with van der Waals surface area (Å²) in [5.74, 6) is 0. The molecule has 65 valence electrons. The fourth-order valence-corrected chi connectivity index (χ4v) is 1.13. The summed E-state index contributed by atoms with van der Waals surface area (Å²) in [5.41, 5.74) is 0. The molecule has 0 rings (SSSR count). The van der Waals surface area contributed by atoms with E-state index in [1.807, 2.05) is 0 Å². The predicted octanol–water partition coefficient (Wildman–Crippen LogP) is 3.04. The normalized spacial score (nSPS) is 9.27. The van der Waals surface area contributed by atoms with Crippen molar-refractivity contribution >= 4 is 37.7 Å². The summed E-state index contributed by atoms with van der Waals surface area (Å²) in [6.45, 7) is 6.08. The van der Waals surface area contributed by atoms with Crippen molar-refractivity contribution < 1.29 is 0 Å². The van der Waals surface area contributed by atoms with E-state index in [1.165, 1.54) is 44.9 Å². The zero-order valence-corrected chi connectivity index (χ0v) is 7.36. The zero-order valence-electron chi connectivity index (χ0n) is 7.36. The van der Waals surface area contributed by atoms with Crippen molar-refractivity contribution in [1.82, 2.24) is 0 Å². The van der Waals surface area contributed by atoms with Crippen molar-refractivity contribution in [2.45, 2.75) is 58.3 Å². The van der Waals surface area contributed by atoms with Gasteiger partial charge in [-0.2, -0.15) is 0 Å². The Morgan fingerprint density at radius 3 is 1.73 bits per heavy atom. The van der Waals surface area contributed by atoms with E-state index in [4.69, 9.17) is 0 Å². The minimum absolute atomic E-state index is 0. The Balaban J connectivity index is 0. The van der Waals surface area contributed by atoms with Crippen LogP contribution in [0.4, 0.5) is 0 Å². The molecule has 0 aromatic carbocycles. The van der Waals surface area contributed by atoms with E-state index in [0.717, 1.165) is 6.42 Å². The van der Waals surface area contributed by atoms with Gasteiger partial charge in [-0.25, -0.2) is 0 Å². The van der Waals surface area contributed by atoms with Gasteiger partial charge in [0.15, 0.2) is 0 Å². The fourth-order valence-electron chi connectivity index (χ4n) is 1.13. The third-order valence-corrected chi connectivity index (χ3v) is 1.85. The van der Waals surface area contributed by atoms with Crippen LogP contribution in [-0.2, 0) is 0 Å². The average Bonchev–Trinajstić information content (AvgIpc) is 1.97. The Kier molecular flexibility index (Phi) is 18.6. The summed E-state index contributed by atoms with van der Waals surface area (Å²) in [6, 6.07) is 0. The van der Waals surface area contributed by atoms with Gasteiger partial charge in [0, 0.05) is 0 Å². The summed E-state index contributed by atoms with van der Waals surface area (Å²) in [5, 5.41) is 0. The molecule has 0 unspecified atom stereocenters. The number of hydrogen-bond acceptors (Lipinski definition) is 0. The first-order chi connectivity index (χ1) is 4.91. The summed E-state index contributed by atoms with van der Waals surface area (Å²) in [6.07, 6.45) is 10.9. The molecule has 0 bridgehead atoms. The van der Waals surface area contributed by atoms with E-state index < -0.39 is 0 Å². The second-order valence-electron chi connectivity index (χ2n) is 2.97. The maximum atomic E-state index is 3.82. The van der Waals surface area contributed by atoms with Crippen LogP contribution >= 0.6 is 0 Å². The second kappa shape index (κ2) is 13.8. The monoisotopic (exact) mass is 183 g/mol. The minimum atomic E-state index is 0. The molecule has 0 atom stereocenters. The van der Waals surface area contributed by atoms with Crippen LogP contribution in [0.1, 0.15) is 58.3 Å². The number of hydrogen-bond donors (Lipinski definition) is 0. The zero-order chi connectivity index (χ0) is 7.66. The van der Waals surface area contributed by atoms with E-state index in [1.54, 1.807) is 0 Å². The van der Waals surface area contributed by atoms with E-state index >= 15 is 0 Å². The van der Waals surface area contributed by atoms with Crippen LogP contribution < -0.4 is 0 Å². The van der Waals surface area contributed by atoms with Crippen molar-refractivity contribution in [2.24, 2.45) is 0 Å². The topological polar surface area (TPSA) is 0 Å². The third-order valence-electron chi connectivity index (χ3n) is 1.85. The molecule has 0 N–H and O–H groups in total. The molecule has 0 saturated heterocycles. The Morgan fingerprint density at radius 2 is 1.27 bits per heavy atom. The molecule has 0 aliphatic rings. The van der Waals surface area contributed by atoms with Gasteiger partial charge in [0.05, 0.1) is 0 Å². The van der Waals surface area contributed by atoms with Crippen LogP contribution in [0.15, 0.2) is 0 Å². The molecule has 0 aliphatic carbocycles. The van der Waals surface area contributed by atoms with Gasteiger partial charge in [0.1, 0.15) is 0 Å². The van der Waals surface area contributed by atoms with Crippen molar-refractivity contribution in [2.75, 3.05) is 0 Å². The summed E-state index contributed by atoms with van der Waals surface area (Å²) in [7, 11) is 0. The molecule has 0 aliphatic heterocycles. The molecular weight excluding hydrogens is 160 g/mol. The standard InChI is InChI=1S/C10H21.Ca.2H/c1-3-5-7-9-10-8-6-4-2;;;/h1,3-10H2,2H3;;;. The molecule has 0 aromatic heterocycles. The molecular formula is C10H23Ca. The van der Waals surface area contributed by atoms with Crippen molar-refractivity contribution in [3.05, 3.63) is 6.92 Å². The van der Waals surface area contributed by atoms with E-state index in [9.17, 15) is 0 Å². The van der Waals surface area contributed by atoms with Crippen LogP contribution in [0.3, 0.4) is 0 Å². The van der Waals surface area contributed by atoms with Gasteiger partial charge < -0.3 is 0 Å². The molecule has 0 amide bonds. The molecule has 0 aromatic rings. The van der Waals surface area contributed by atoms with Gasteiger partial charge in [-0.05, 0) is 0 Å². The SMILES string of the molecule is [CH2]CCCCCCCCC.[CaH2]. The predicted molar refractivity (Wildman–Crippen MR) is 56.5 cm³/mol. The van der Waals surface area contributed by atoms with E-state index in [2.05, 4.69) is 13.8 Å². The van der Waals surface area contributed by atoms with Gasteiger partial charge in [-0.1, -0.05) is 65.2 Å². The second-order valence-corrected chi connectivity index (χ2v) is 2.97. The maximum absolute atomic E-state index is 3.82. The van der Waals surface area contributed by atoms with Gasteiger partial charge in [-0.15, -0.1) is 0 Å². The Bertz CT molecular complexity index is 44.8. The third kappa shape index (κ3) is 14.2. The van der Waals surface area contributed by atoms with E-state index in [-0.39, 0.29) is 37.7 Å². The Labute approximate surface area is 102 Å². The quantitative estimate of drug-likeness (QED) is 0.420. The van der Waals surface area contributed by atoms with Crippen molar-refractivity contribution in [3.63, 3.8) is 0 Å². The Hall–Kier alpha value is 1.26. The van der Waals surface area contributed by atoms with E-state index in [0.29, 0.717) is 0 Å². The van der Waals surface area contributed by atoms with Crippen molar-refractivity contribution in [3.8, 4) is 0 Å². The average molecular weight is 183 g/mol. The Morgan fingerprint density at radius 1 is 0.818 bits per heavy atom.